The third-order valence-electron chi connectivity index (χ3n) is 5.16. The number of benzene rings is 3. The molecule has 12 heteroatoms. The maximum Gasteiger partial charge on any atom is 0.335 e. The number of anilines is 1. The highest BCUT2D eigenvalue weighted by Gasteiger charge is 2.36. The summed E-state index contributed by atoms with van der Waals surface area (Å²) in [5.41, 5.74) is 0.739. The molecule has 12 nitrogen and oxygen atoms in total. The largest absolute Gasteiger partial charge is 0.489 e. The lowest BCUT2D eigenvalue weighted by Gasteiger charge is -2.26. The summed E-state index contributed by atoms with van der Waals surface area (Å²) >= 11 is 0. The number of nitrogens with zero attached hydrogens (tertiary/aromatic N) is 3. The van der Waals surface area contributed by atoms with E-state index in [1.165, 1.54) is 30.3 Å². The van der Waals surface area contributed by atoms with E-state index < -0.39 is 27.7 Å². The Morgan fingerprint density at radius 1 is 0.806 bits per heavy atom. The predicted molar refractivity (Wildman–Crippen MR) is 126 cm³/mol. The number of imide groups is 2. The van der Waals surface area contributed by atoms with E-state index in [1.54, 1.807) is 36.4 Å². The van der Waals surface area contributed by atoms with E-state index in [0.29, 0.717) is 11.3 Å². The Morgan fingerprint density at radius 3 is 1.92 bits per heavy atom. The van der Waals surface area contributed by atoms with Crippen molar-refractivity contribution in [3.8, 4) is 5.75 Å². The summed E-state index contributed by atoms with van der Waals surface area (Å²) < 4.78 is 5.66. The third kappa shape index (κ3) is 5.07. The minimum Gasteiger partial charge on any atom is -0.489 e. The van der Waals surface area contributed by atoms with Gasteiger partial charge in [-0.25, -0.2) is 9.69 Å². The van der Waals surface area contributed by atoms with Crippen LogP contribution in [0.5, 0.6) is 5.75 Å². The number of carbonyl (C=O) groups excluding carboxylic acids is 3. The summed E-state index contributed by atoms with van der Waals surface area (Å²) in [6, 6.07) is 16.2. The van der Waals surface area contributed by atoms with E-state index in [2.05, 4.69) is 5.32 Å². The van der Waals surface area contributed by atoms with Crippen LogP contribution in [0, 0.1) is 20.2 Å². The first-order chi connectivity index (χ1) is 17.2. The molecule has 0 unspecified atom stereocenters. The van der Waals surface area contributed by atoms with Gasteiger partial charge in [0.15, 0.2) is 0 Å². The SMILES string of the molecule is O=C1NC(=O)N(c2ccc([N+](=O)[O-])cc2)C(=O)/C1=C/c1ccc(OCc2ccc([N+](=O)[O-])cc2)cc1. The van der Waals surface area contributed by atoms with Gasteiger partial charge < -0.3 is 4.74 Å². The molecule has 0 atom stereocenters. The quantitative estimate of drug-likeness (QED) is 0.227. The molecular formula is C24H16N4O8. The summed E-state index contributed by atoms with van der Waals surface area (Å²) in [4.78, 5) is 58.7. The molecule has 0 spiro atoms. The van der Waals surface area contributed by atoms with E-state index in [1.807, 2.05) is 0 Å². The van der Waals surface area contributed by atoms with Crippen LogP contribution >= 0.6 is 0 Å². The zero-order valence-electron chi connectivity index (χ0n) is 18.3. The molecule has 1 N–H and O–H groups in total. The van der Waals surface area contributed by atoms with Gasteiger partial charge in [-0.05, 0) is 53.6 Å². The number of nitrogens with one attached hydrogen (secondary N) is 1. The minimum atomic E-state index is -0.967. The van der Waals surface area contributed by atoms with E-state index in [0.717, 1.165) is 22.6 Å². The van der Waals surface area contributed by atoms with Crippen molar-refractivity contribution in [2.24, 2.45) is 0 Å². The molecule has 0 aromatic heterocycles. The number of barbiturate groups is 1. The lowest BCUT2D eigenvalue weighted by atomic mass is 10.1. The van der Waals surface area contributed by atoms with Crippen molar-refractivity contribution >= 4 is 41.0 Å². The van der Waals surface area contributed by atoms with Gasteiger partial charge in [-0.3, -0.25) is 35.1 Å². The number of amides is 4. The Hall–Kier alpha value is -5.39. The van der Waals surface area contributed by atoms with Gasteiger partial charge in [-0.1, -0.05) is 12.1 Å². The summed E-state index contributed by atoms with van der Waals surface area (Å²) in [6.45, 7) is 0.172. The lowest BCUT2D eigenvalue weighted by molar-refractivity contribution is -0.385. The highest BCUT2D eigenvalue weighted by atomic mass is 16.6. The standard InChI is InChI=1S/C24H16N4O8/c29-22-21(23(30)26(24(31)25-22)17-7-9-19(10-8-17)28(34)35)13-15-3-11-20(12-4-15)36-14-16-1-5-18(6-2-16)27(32)33/h1-13H,14H2,(H,25,29,31)/b21-13+. The van der Waals surface area contributed by atoms with Gasteiger partial charge in [0.2, 0.25) is 0 Å². The van der Waals surface area contributed by atoms with Gasteiger partial charge in [0.05, 0.1) is 15.5 Å². The number of urea groups is 1. The van der Waals surface area contributed by atoms with Crippen LogP contribution in [0.15, 0.2) is 78.4 Å². The van der Waals surface area contributed by atoms with Crippen LogP contribution in [0.3, 0.4) is 0 Å². The van der Waals surface area contributed by atoms with Crippen LogP contribution in [-0.2, 0) is 16.2 Å². The molecule has 4 amide bonds. The average Bonchev–Trinajstić information content (AvgIpc) is 2.86. The van der Waals surface area contributed by atoms with E-state index in [4.69, 9.17) is 4.74 Å². The molecule has 0 bridgehead atoms. The first-order valence-corrected chi connectivity index (χ1v) is 10.3. The monoisotopic (exact) mass is 488 g/mol. The van der Waals surface area contributed by atoms with Crippen LogP contribution in [0.2, 0.25) is 0 Å². The van der Waals surface area contributed by atoms with Crippen molar-refractivity contribution in [3.05, 3.63) is 110 Å². The Morgan fingerprint density at radius 2 is 1.36 bits per heavy atom. The van der Waals surface area contributed by atoms with Crippen LogP contribution in [0.25, 0.3) is 6.08 Å². The molecule has 0 aliphatic carbocycles. The van der Waals surface area contributed by atoms with Crippen LogP contribution < -0.4 is 15.0 Å². The molecule has 0 saturated carbocycles. The number of carbonyl (C=O) groups is 3. The molecule has 180 valence electrons. The normalized spacial score (nSPS) is 14.5. The Balaban J connectivity index is 1.48. The van der Waals surface area contributed by atoms with E-state index >= 15 is 0 Å². The molecule has 1 aliphatic heterocycles. The molecule has 1 saturated heterocycles. The first kappa shape index (κ1) is 23.8. The fourth-order valence-electron chi connectivity index (χ4n) is 3.32. The van der Waals surface area contributed by atoms with Crippen molar-refractivity contribution < 1.29 is 29.0 Å². The van der Waals surface area contributed by atoms with Crippen molar-refractivity contribution in [1.82, 2.24) is 5.32 Å². The van der Waals surface area contributed by atoms with E-state index in [-0.39, 0.29) is 29.2 Å². The van der Waals surface area contributed by atoms with Crippen molar-refractivity contribution in [2.75, 3.05) is 4.90 Å². The Bertz CT molecular complexity index is 1400. The number of ether oxygens (including phenoxy) is 1. The van der Waals surface area contributed by atoms with Gasteiger partial charge in [0.25, 0.3) is 23.2 Å². The number of hydrogen-bond acceptors (Lipinski definition) is 8. The van der Waals surface area contributed by atoms with Crippen LogP contribution in [-0.4, -0.2) is 27.7 Å². The Kier molecular flexibility index (Phi) is 6.50. The second-order valence-corrected chi connectivity index (χ2v) is 7.51. The average molecular weight is 488 g/mol. The van der Waals surface area contributed by atoms with Crippen LogP contribution in [0.4, 0.5) is 21.9 Å². The number of nitro benzene ring substituents is 2. The maximum absolute atomic E-state index is 12.9. The molecule has 1 heterocycles. The fourth-order valence-corrected chi connectivity index (χ4v) is 3.32. The van der Waals surface area contributed by atoms with Gasteiger partial charge in [-0.2, -0.15) is 0 Å². The molecule has 1 fully saturated rings. The zero-order valence-corrected chi connectivity index (χ0v) is 18.3. The second-order valence-electron chi connectivity index (χ2n) is 7.51. The highest BCUT2D eigenvalue weighted by Crippen LogP contribution is 2.25. The summed E-state index contributed by atoms with van der Waals surface area (Å²) in [5.74, 6) is -1.27. The predicted octanol–water partition coefficient (Wildman–Crippen LogP) is 3.75. The maximum atomic E-state index is 12.9. The number of non-ortho nitro benzene ring substituents is 2. The molecule has 3 aromatic rings. The molecule has 4 rings (SSSR count). The number of hydrogen-bond donors (Lipinski definition) is 1. The zero-order chi connectivity index (χ0) is 25.8. The summed E-state index contributed by atoms with van der Waals surface area (Å²) in [7, 11) is 0. The molecule has 0 radical (unpaired) electrons. The highest BCUT2D eigenvalue weighted by molar-refractivity contribution is 6.39. The second kappa shape index (κ2) is 9.85. The van der Waals surface area contributed by atoms with Gasteiger partial charge in [-0.15, -0.1) is 0 Å². The van der Waals surface area contributed by atoms with Gasteiger partial charge in [0, 0.05) is 24.3 Å². The number of rotatable bonds is 7. The van der Waals surface area contributed by atoms with Crippen molar-refractivity contribution in [1.29, 1.82) is 0 Å². The minimum absolute atomic E-state index is 0.0220. The van der Waals surface area contributed by atoms with Crippen molar-refractivity contribution in [3.63, 3.8) is 0 Å². The lowest BCUT2D eigenvalue weighted by Crippen LogP contribution is -2.54. The Labute approximate surface area is 202 Å². The molecule has 3 aromatic carbocycles. The molecule has 1 aliphatic rings. The number of nitro groups is 2. The third-order valence-corrected chi connectivity index (χ3v) is 5.16. The summed E-state index contributed by atoms with van der Waals surface area (Å²) in [5, 5.41) is 23.7. The van der Waals surface area contributed by atoms with Crippen LogP contribution in [0.1, 0.15) is 11.1 Å². The fraction of sp³-hybridized carbons (Fsp3) is 0.0417. The smallest absolute Gasteiger partial charge is 0.335 e. The topological polar surface area (TPSA) is 162 Å². The summed E-state index contributed by atoms with van der Waals surface area (Å²) in [6.07, 6.45) is 1.31. The van der Waals surface area contributed by atoms with Crippen molar-refractivity contribution in [2.45, 2.75) is 6.61 Å². The first-order valence-electron chi connectivity index (χ1n) is 10.3. The van der Waals surface area contributed by atoms with Gasteiger partial charge >= 0.3 is 6.03 Å². The molecular weight excluding hydrogens is 472 g/mol. The van der Waals surface area contributed by atoms with Gasteiger partial charge in [0.1, 0.15) is 17.9 Å². The molecule has 36 heavy (non-hydrogen) atoms. The van der Waals surface area contributed by atoms with E-state index in [9.17, 15) is 34.6 Å².